The van der Waals surface area contributed by atoms with Crippen LogP contribution < -0.4 is 5.32 Å². The average Bonchev–Trinajstić information content (AvgIpc) is 3.23. The van der Waals surface area contributed by atoms with Gasteiger partial charge in [-0.2, -0.15) is 10.4 Å². The maximum Gasteiger partial charge on any atom is 0.220 e. The van der Waals surface area contributed by atoms with Gasteiger partial charge in [0.05, 0.1) is 6.20 Å². The van der Waals surface area contributed by atoms with Crippen molar-refractivity contribution in [1.29, 1.82) is 5.26 Å². The number of aromatic nitrogens is 3. The number of nitrogens with one attached hydrogen (secondary N) is 1. The summed E-state index contributed by atoms with van der Waals surface area (Å²) in [6.45, 7) is 4.39. The molecule has 4 aromatic rings. The smallest absolute Gasteiger partial charge is 0.220 e. The van der Waals surface area contributed by atoms with Crippen molar-refractivity contribution in [2.45, 2.75) is 32.6 Å². The van der Waals surface area contributed by atoms with Gasteiger partial charge in [-0.05, 0) is 37.0 Å². The fourth-order valence-corrected chi connectivity index (χ4v) is 4.09. The zero-order valence-electron chi connectivity index (χ0n) is 18.2. The van der Waals surface area contributed by atoms with E-state index in [2.05, 4.69) is 45.7 Å². The standard InChI is InChI=1S/C26H25N5O/c1-18-23(19(2)31-26(30-18)22(15-27)16-29-31)13-14-25(32)28-17-24(20-9-5-3-6-10-20)21-11-7-4-8-12-21/h3-12,16,24H,13-14,17H2,1-2H3,(H,28,32). The number of fused-ring (bicyclic) bond motifs is 1. The van der Waals surface area contributed by atoms with E-state index in [1.807, 2.05) is 50.2 Å². The van der Waals surface area contributed by atoms with Gasteiger partial charge in [-0.15, -0.1) is 0 Å². The van der Waals surface area contributed by atoms with Crippen LogP contribution in [-0.4, -0.2) is 27.0 Å². The Morgan fingerprint density at radius 1 is 1.06 bits per heavy atom. The molecule has 1 amide bonds. The number of carbonyl (C=O) groups excluding carboxylic acids is 1. The van der Waals surface area contributed by atoms with Crippen molar-refractivity contribution in [3.8, 4) is 6.07 Å². The summed E-state index contributed by atoms with van der Waals surface area (Å²) in [7, 11) is 0. The monoisotopic (exact) mass is 423 g/mol. The van der Waals surface area contributed by atoms with Gasteiger partial charge in [-0.25, -0.2) is 9.50 Å². The van der Waals surface area contributed by atoms with E-state index in [1.165, 1.54) is 17.3 Å². The summed E-state index contributed by atoms with van der Waals surface area (Å²) in [5.74, 6) is 0.0928. The van der Waals surface area contributed by atoms with E-state index in [1.54, 1.807) is 4.52 Å². The third-order valence-corrected chi connectivity index (χ3v) is 5.84. The van der Waals surface area contributed by atoms with Crippen molar-refractivity contribution < 1.29 is 4.79 Å². The molecule has 160 valence electrons. The Labute approximate surface area is 187 Å². The zero-order chi connectivity index (χ0) is 22.5. The third-order valence-electron chi connectivity index (χ3n) is 5.84. The van der Waals surface area contributed by atoms with Crippen molar-refractivity contribution >= 4 is 11.6 Å². The van der Waals surface area contributed by atoms with Crippen LogP contribution in [0.4, 0.5) is 0 Å². The highest BCUT2D eigenvalue weighted by atomic mass is 16.1. The van der Waals surface area contributed by atoms with Crippen LogP contribution in [0.3, 0.4) is 0 Å². The molecule has 1 N–H and O–H groups in total. The van der Waals surface area contributed by atoms with Crippen molar-refractivity contribution in [2.24, 2.45) is 0 Å². The summed E-state index contributed by atoms with van der Waals surface area (Å²) in [5.41, 5.74) is 6.08. The van der Waals surface area contributed by atoms with Crippen LogP contribution in [0.5, 0.6) is 0 Å². The maximum atomic E-state index is 12.7. The molecule has 0 unspecified atom stereocenters. The molecule has 0 spiro atoms. The Hall–Kier alpha value is -3.98. The lowest BCUT2D eigenvalue weighted by Gasteiger charge is -2.19. The fourth-order valence-electron chi connectivity index (χ4n) is 4.09. The van der Waals surface area contributed by atoms with Gasteiger partial charge in [0, 0.05) is 30.3 Å². The second-order valence-electron chi connectivity index (χ2n) is 7.84. The minimum absolute atomic E-state index is 0.000983. The van der Waals surface area contributed by atoms with Crippen molar-refractivity contribution in [2.75, 3.05) is 6.54 Å². The number of nitriles is 1. The predicted octanol–water partition coefficient (Wildman–Crippen LogP) is 4.10. The van der Waals surface area contributed by atoms with Gasteiger partial charge in [-0.1, -0.05) is 60.7 Å². The Morgan fingerprint density at radius 2 is 1.69 bits per heavy atom. The molecule has 6 heteroatoms. The van der Waals surface area contributed by atoms with Crippen LogP contribution in [0.15, 0.2) is 66.9 Å². The number of carbonyl (C=O) groups is 1. The molecule has 0 radical (unpaired) electrons. The number of rotatable bonds is 7. The molecule has 0 saturated carbocycles. The Balaban J connectivity index is 1.45. The first kappa shape index (κ1) is 21.3. The molecule has 2 aromatic heterocycles. The SMILES string of the molecule is Cc1nc2c(C#N)cnn2c(C)c1CCC(=O)NCC(c1ccccc1)c1ccccc1. The highest BCUT2D eigenvalue weighted by Crippen LogP contribution is 2.24. The highest BCUT2D eigenvalue weighted by molar-refractivity contribution is 5.76. The molecule has 0 atom stereocenters. The normalized spacial score (nSPS) is 10.9. The second-order valence-corrected chi connectivity index (χ2v) is 7.84. The van der Waals surface area contributed by atoms with E-state index in [0.717, 1.165) is 17.0 Å². The van der Waals surface area contributed by atoms with Crippen molar-refractivity contribution in [1.82, 2.24) is 19.9 Å². The second kappa shape index (κ2) is 9.44. The number of benzene rings is 2. The lowest BCUT2D eigenvalue weighted by molar-refractivity contribution is -0.121. The number of amides is 1. The molecule has 6 nitrogen and oxygen atoms in total. The molecular formula is C26H25N5O. The van der Waals surface area contributed by atoms with E-state index in [-0.39, 0.29) is 11.8 Å². The van der Waals surface area contributed by atoms with Gasteiger partial charge in [0.25, 0.3) is 0 Å². The van der Waals surface area contributed by atoms with Gasteiger partial charge < -0.3 is 5.32 Å². The molecular weight excluding hydrogens is 398 g/mol. The minimum Gasteiger partial charge on any atom is -0.355 e. The van der Waals surface area contributed by atoms with Crippen molar-refractivity contribution in [3.63, 3.8) is 0 Å². The van der Waals surface area contributed by atoms with E-state index in [4.69, 9.17) is 0 Å². The van der Waals surface area contributed by atoms with E-state index in [9.17, 15) is 10.1 Å². The first-order chi connectivity index (χ1) is 15.6. The third kappa shape index (κ3) is 4.37. The Kier molecular flexibility index (Phi) is 6.27. The lowest BCUT2D eigenvalue weighted by atomic mass is 9.91. The Bertz CT molecular complexity index is 1230. The maximum absolute atomic E-state index is 12.7. The van der Waals surface area contributed by atoms with Gasteiger partial charge >= 0.3 is 0 Å². The van der Waals surface area contributed by atoms with Crippen LogP contribution in [-0.2, 0) is 11.2 Å². The van der Waals surface area contributed by atoms with Crippen LogP contribution in [0, 0.1) is 25.2 Å². The van der Waals surface area contributed by atoms with Gasteiger partial charge in [-0.3, -0.25) is 4.79 Å². The molecule has 0 bridgehead atoms. The summed E-state index contributed by atoms with van der Waals surface area (Å²) in [5, 5.41) is 16.6. The van der Waals surface area contributed by atoms with Crippen LogP contribution >= 0.6 is 0 Å². The number of hydrogen-bond donors (Lipinski definition) is 1. The largest absolute Gasteiger partial charge is 0.355 e. The number of aryl methyl sites for hydroxylation is 2. The van der Waals surface area contributed by atoms with E-state index >= 15 is 0 Å². The summed E-state index contributed by atoms with van der Waals surface area (Å²) in [6.07, 6.45) is 2.45. The average molecular weight is 424 g/mol. The summed E-state index contributed by atoms with van der Waals surface area (Å²) in [4.78, 5) is 17.3. The number of hydrogen-bond acceptors (Lipinski definition) is 4. The molecule has 2 aromatic carbocycles. The molecule has 0 aliphatic heterocycles. The lowest BCUT2D eigenvalue weighted by Crippen LogP contribution is -2.29. The Morgan fingerprint density at radius 3 is 2.28 bits per heavy atom. The topological polar surface area (TPSA) is 83.1 Å². The summed E-state index contributed by atoms with van der Waals surface area (Å²) >= 11 is 0. The molecule has 0 aliphatic rings. The summed E-state index contributed by atoms with van der Waals surface area (Å²) < 4.78 is 1.68. The minimum atomic E-state index is -0.000983. The molecule has 32 heavy (non-hydrogen) atoms. The quantitative estimate of drug-likeness (QED) is 0.485. The highest BCUT2D eigenvalue weighted by Gasteiger charge is 2.17. The van der Waals surface area contributed by atoms with Crippen molar-refractivity contribution in [3.05, 3.63) is 101 Å². The molecule has 4 rings (SSSR count). The van der Waals surface area contributed by atoms with E-state index < -0.39 is 0 Å². The molecule has 0 saturated heterocycles. The van der Waals surface area contributed by atoms with Gasteiger partial charge in [0.1, 0.15) is 11.6 Å². The van der Waals surface area contributed by atoms with Crippen LogP contribution in [0.25, 0.3) is 5.65 Å². The van der Waals surface area contributed by atoms with Gasteiger partial charge in [0.2, 0.25) is 5.91 Å². The molecule has 0 aliphatic carbocycles. The first-order valence-electron chi connectivity index (χ1n) is 10.7. The number of nitrogens with zero attached hydrogens (tertiary/aromatic N) is 4. The molecule has 2 heterocycles. The van der Waals surface area contributed by atoms with E-state index in [0.29, 0.717) is 30.6 Å². The first-order valence-corrected chi connectivity index (χ1v) is 10.7. The zero-order valence-corrected chi connectivity index (χ0v) is 18.2. The molecule has 0 fully saturated rings. The fraction of sp³-hybridized carbons (Fsp3) is 0.231. The van der Waals surface area contributed by atoms with Crippen LogP contribution in [0.1, 0.15) is 46.0 Å². The predicted molar refractivity (Wildman–Crippen MR) is 123 cm³/mol. The summed E-state index contributed by atoms with van der Waals surface area (Å²) in [6, 6.07) is 22.6. The van der Waals surface area contributed by atoms with Gasteiger partial charge in [0.15, 0.2) is 5.65 Å². The van der Waals surface area contributed by atoms with Crippen LogP contribution in [0.2, 0.25) is 0 Å².